The summed E-state index contributed by atoms with van der Waals surface area (Å²) in [5.74, 6) is 5.67. The first-order valence-corrected chi connectivity index (χ1v) is 12.0. The average molecular weight is 516 g/mol. The van der Waals surface area contributed by atoms with Crippen molar-refractivity contribution in [3.05, 3.63) is 119 Å². The van der Waals surface area contributed by atoms with Crippen molar-refractivity contribution < 1.29 is 4.79 Å². The Kier molecular flexibility index (Phi) is 5.82. The van der Waals surface area contributed by atoms with Crippen LogP contribution in [0.2, 0.25) is 0 Å². The van der Waals surface area contributed by atoms with E-state index in [1.54, 1.807) is 62.2 Å². The van der Waals surface area contributed by atoms with Gasteiger partial charge in [-0.15, -0.1) is 5.10 Å². The Bertz CT molecular complexity index is 1960. The number of nitrogens with zero attached hydrogens (tertiary/aromatic N) is 7. The maximum absolute atomic E-state index is 13.9. The Morgan fingerprint density at radius 3 is 2.62 bits per heavy atom. The molecule has 0 saturated heterocycles. The zero-order chi connectivity index (χ0) is 26.9. The molecule has 1 unspecified atom stereocenters. The van der Waals surface area contributed by atoms with Crippen LogP contribution in [0.5, 0.6) is 0 Å². The Morgan fingerprint density at radius 2 is 1.82 bits per heavy atom. The van der Waals surface area contributed by atoms with E-state index in [4.69, 9.17) is 5.73 Å². The molecule has 0 aliphatic carbocycles. The lowest BCUT2D eigenvalue weighted by Gasteiger charge is -2.20. The van der Waals surface area contributed by atoms with Gasteiger partial charge in [-0.05, 0) is 43.2 Å². The highest BCUT2D eigenvalue weighted by Gasteiger charge is 2.24. The lowest BCUT2D eigenvalue weighted by atomic mass is 10.1. The van der Waals surface area contributed by atoms with E-state index >= 15 is 0 Å². The van der Waals surface area contributed by atoms with Gasteiger partial charge in [-0.1, -0.05) is 24.1 Å². The summed E-state index contributed by atoms with van der Waals surface area (Å²) in [7, 11) is 0. The standard InChI is InChI=1S/C28H21N9O2/c1-18(33-27(38)24-25(29)34-35-15-5-12-31-26(24)35)22-16-23-32-17-21(9-8-19-10-13-30-14-11-19)37(23)28(39)36(22)20-6-3-2-4-7-20/h2-7,10-18H,1H3,(H2,29,34)(H,33,38). The molecule has 190 valence electrons. The quantitative estimate of drug-likeness (QED) is 0.344. The fourth-order valence-electron chi connectivity index (χ4n) is 4.36. The Hall–Kier alpha value is -5.76. The number of fused-ring (bicyclic) bond motifs is 2. The number of nitrogens with one attached hydrogen (secondary N) is 1. The third-order valence-electron chi connectivity index (χ3n) is 6.18. The monoisotopic (exact) mass is 515 g/mol. The maximum Gasteiger partial charge on any atom is 0.339 e. The van der Waals surface area contributed by atoms with Gasteiger partial charge in [0.15, 0.2) is 11.5 Å². The lowest BCUT2D eigenvalue weighted by Crippen LogP contribution is -2.34. The van der Waals surface area contributed by atoms with E-state index in [0.717, 1.165) is 5.56 Å². The summed E-state index contributed by atoms with van der Waals surface area (Å²) in [6.07, 6.45) is 8.08. The second-order valence-electron chi connectivity index (χ2n) is 8.69. The van der Waals surface area contributed by atoms with Crippen LogP contribution in [0.1, 0.15) is 40.3 Å². The largest absolute Gasteiger partial charge is 0.381 e. The smallest absolute Gasteiger partial charge is 0.339 e. The van der Waals surface area contributed by atoms with Gasteiger partial charge in [0, 0.05) is 36.4 Å². The summed E-state index contributed by atoms with van der Waals surface area (Å²) in [6, 6.07) is 15.6. The van der Waals surface area contributed by atoms with Gasteiger partial charge in [0.2, 0.25) is 0 Å². The van der Waals surface area contributed by atoms with Crippen LogP contribution in [-0.4, -0.2) is 39.4 Å². The molecule has 0 spiro atoms. The number of rotatable bonds is 4. The average Bonchev–Trinajstić information content (AvgIpc) is 3.52. The van der Waals surface area contributed by atoms with Gasteiger partial charge in [0.25, 0.3) is 5.91 Å². The second-order valence-corrected chi connectivity index (χ2v) is 8.69. The SMILES string of the molecule is CC(NC(=O)c1c(N)nn2cccnc12)c1cc2ncc(C#Cc3ccncc3)n2c(=O)n1-c1ccccc1. The third-order valence-corrected chi connectivity index (χ3v) is 6.18. The van der Waals surface area contributed by atoms with Gasteiger partial charge in [-0.3, -0.25) is 14.3 Å². The zero-order valence-corrected chi connectivity index (χ0v) is 20.7. The number of nitrogens with two attached hydrogens (primary N) is 1. The van der Waals surface area contributed by atoms with Gasteiger partial charge in [-0.2, -0.15) is 0 Å². The Morgan fingerprint density at radius 1 is 1.03 bits per heavy atom. The number of para-hydroxylation sites is 1. The molecule has 3 N–H and O–H groups in total. The van der Waals surface area contributed by atoms with Crippen LogP contribution in [0.3, 0.4) is 0 Å². The Balaban J connectivity index is 1.45. The molecule has 6 rings (SSSR count). The number of pyridine rings is 1. The van der Waals surface area contributed by atoms with E-state index in [-0.39, 0.29) is 17.1 Å². The van der Waals surface area contributed by atoms with Crippen LogP contribution in [-0.2, 0) is 0 Å². The topological polar surface area (TPSA) is 138 Å². The summed E-state index contributed by atoms with van der Waals surface area (Å²) in [5, 5.41) is 7.11. The summed E-state index contributed by atoms with van der Waals surface area (Å²) in [6.45, 7) is 1.78. The molecule has 1 atom stereocenters. The predicted octanol–water partition coefficient (Wildman–Crippen LogP) is 2.40. The molecule has 5 heterocycles. The number of carbonyl (C=O) groups excluding carboxylic acids is 1. The first kappa shape index (κ1) is 23.6. The molecule has 0 aliphatic rings. The minimum absolute atomic E-state index is 0.0555. The molecule has 0 aliphatic heterocycles. The number of nitrogen functional groups attached to an aromatic ring is 1. The summed E-state index contributed by atoms with van der Waals surface area (Å²) >= 11 is 0. The van der Waals surface area contributed by atoms with Crippen molar-refractivity contribution in [1.29, 1.82) is 0 Å². The van der Waals surface area contributed by atoms with E-state index in [1.807, 2.05) is 30.3 Å². The van der Waals surface area contributed by atoms with E-state index < -0.39 is 11.9 Å². The van der Waals surface area contributed by atoms with E-state index in [2.05, 4.69) is 37.2 Å². The molecular formula is C28H21N9O2. The molecule has 39 heavy (non-hydrogen) atoms. The zero-order valence-electron chi connectivity index (χ0n) is 20.7. The summed E-state index contributed by atoms with van der Waals surface area (Å²) in [4.78, 5) is 39.9. The molecule has 5 aromatic heterocycles. The fraction of sp³-hybridized carbons (Fsp3) is 0.0714. The number of benzene rings is 1. The molecule has 1 aromatic carbocycles. The normalized spacial score (nSPS) is 11.7. The molecule has 0 fully saturated rings. The summed E-state index contributed by atoms with van der Waals surface area (Å²) < 4.78 is 4.43. The molecular weight excluding hydrogens is 494 g/mol. The fourth-order valence-corrected chi connectivity index (χ4v) is 4.36. The lowest BCUT2D eigenvalue weighted by molar-refractivity contribution is 0.0941. The van der Waals surface area contributed by atoms with E-state index in [9.17, 15) is 9.59 Å². The number of hydrogen-bond donors (Lipinski definition) is 2. The van der Waals surface area contributed by atoms with Gasteiger partial charge in [0.1, 0.15) is 16.9 Å². The van der Waals surface area contributed by atoms with Crippen molar-refractivity contribution in [2.75, 3.05) is 5.73 Å². The van der Waals surface area contributed by atoms with Crippen molar-refractivity contribution in [2.45, 2.75) is 13.0 Å². The van der Waals surface area contributed by atoms with Crippen molar-refractivity contribution in [3.63, 3.8) is 0 Å². The van der Waals surface area contributed by atoms with Crippen LogP contribution in [0.25, 0.3) is 17.0 Å². The molecule has 0 saturated carbocycles. The minimum atomic E-state index is -0.614. The van der Waals surface area contributed by atoms with Crippen molar-refractivity contribution >= 4 is 23.0 Å². The van der Waals surface area contributed by atoms with Crippen molar-refractivity contribution in [1.82, 2.24) is 38.9 Å². The van der Waals surface area contributed by atoms with Crippen molar-refractivity contribution in [3.8, 4) is 17.5 Å². The van der Waals surface area contributed by atoms with Gasteiger partial charge < -0.3 is 11.1 Å². The molecule has 11 nitrogen and oxygen atoms in total. The number of imidazole rings is 1. The number of hydrogen-bond acceptors (Lipinski definition) is 7. The van der Waals surface area contributed by atoms with Crippen LogP contribution < -0.4 is 16.7 Å². The molecule has 11 heteroatoms. The maximum atomic E-state index is 13.9. The van der Waals surface area contributed by atoms with Gasteiger partial charge >= 0.3 is 5.69 Å². The number of amides is 1. The first-order chi connectivity index (χ1) is 19.0. The highest BCUT2D eigenvalue weighted by Crippen LogP contribution is 2.21. The number of aromatic nitrogens is 7. The highest BCUT2D eigenvalue weighted by atomic mass is 16.2. The molecule has 0 bridgehead atoms. The van der Waals surface area contributed by atoms with Crippen molar-refractivity contribution in [2.24, 2.45) is 0 Å². The first-order valence-electron chi connectivity index (χ1n) is 12.0. The predicted molar refractivity (Wildman–Crippen MR) is 144 cm³/mol. The van der Waals surface area contributed by atoms with Crippen LogP contribution in [0.15, 0.2) is 90.4 Å². The van der Waals surface area contributed by atoms with Crippen LogP contribution in [0.4, 0.5) is 5.82 Å². The molecule has 6 aromatic rings. The third kappa shape index (κ3) is 4.25. The molecule has 0 radical (unpaired) electrons. The van der Waals surface area contributed by atoms with Gasteiger partial charge in [-0.25, -0.2) is 23.7 Å². The highest BCUT2D eigenvalue weighted by molar-refractivity contribution is 6.04. The molecule has 1 amide bonds. The number of carbonyl (C=O) groups is 1. The van der Waals surface area contributed by atoms with Crippen LogP contribution in [0, 0.1) is 11.8 Å². The van der Waals surface area contributed by atoms with E-state index in [0.29, 0.717) is 28.4 Å². The van der Waals surface area contributed by atoms with E-state index in [1.165, 1.54) is 13.5 Å². The van der Waals surface area contributed by atoms with Gasteiger partial charge in [0.05, 0.1) is 23.6 Å². The summed E-state index contributed by atoms with van der Waals surface area (Å²) in [5.41, 5.74) is 8.91. The second kappa shape index (κ2) is 9.60. The van der Waals surface area contributed by atoms with Crippen LogP contribution >= 0.6 is 0 Å². The minimum Gasteiger partial charge on any atom is -0.381 e. The Labute approximate surface area is 221 Å². The number of anilines is 1.